The molecule has 0 atom stereocenters. The average molecular weight is 272 g/mol. The van der Waals surface area contributed by atoms with Crippen LogP contribution in [0.4, 0.5) is 11.6 Å². The predicted molar refractivity (Wildman–Crippen MR) is 75.3 cm³/mol. The highest BCUT2D eigenvalue weighted by Crippen LogP contribution is 2.30. The summed E-state index contributed by atoms with van der Waals surface area (Å²) in [7, 11) is 1.53. The van der Waals surface area contributed by atoms with Gasteiger partial charge in [0.05, 0.1) is 12.7 Å². The second kappa shape index (κ2) is 4.26. The first-order valence-electron chi connectivity index (χ1n) is 5.78. The first-order valence-corrected chi connectivity index (χ1v) is 5.78. The fourth-order valence-corrected chi connectivity index (χ4v) is 1.96. The molecular weight excluding hydrogens is 260 g/mol. The second-order valence-electron chi connectivity index (χ2n) is 4.19. The van der Waals surface area contributed by atoms with Gasteiger partial charge in [-0.25, -0.2) is 4.98 Å². The summed E-state index contributed by atoms with van der Waals surface area (Å²) in [4.78, 5) is 25.3. The number of benzene rings is 1. The highest BCUT2D eigenvalue weighted by Gasteiger charge is 2.13. The lowest BCUT2D eigenvalue weighted by Crippen LogP contribution is -2.10. The fraction of sp³-hybridized carbons (Fsp3) is 0.0833. The molecule has 0 bridgehead atoms. The number of nitrogen functional groups attached to an aromatic ring is 2. The average Bonchev–Trinajstić information content (AvgIpc) is 2.82. The molecule has 0 fully saturated rings. The van der Waals surface area contributed by atoms with E-state index in [-0.39, 0.29) is 22.7 Å². The molecular formula is C12H12N6O2. The summed E-state index contributed by atoms with van der Waals surface area (Å²) in [6, 6.07) is 5.15. The van der Waals surface area contributed by atoms with Crippen LogP contribution in [0.5, 0.6) is 5.75 Å². The van der Waals surface area contributed by atoms with Crippen LogP contribution in [0.1, 0.15) is 0 Å². The Morgan fingerprint density at radius 1 is 1.20 bits per heavy atom. The molecule has 0 saturated heterocycles. The molecule has 3 rings (SSSR count). The summed E-state index contributed by atoms with van der Waals surface area (Å²) in [5.41, 5.74) is 12.6. The van der Waals surface area contributed by atoms with Crippen LogP contribution in [0.25, 0.3) is 22.6 Å². The Kier molecular flexibility index (Phi) is 2.56. The van der Waals surface area contributed by atoms with Crippen molar-refractivity contribution in [3.8, 4) is 17.1 Å². The highest BCUT2D eigenvalue weighted by atomic mass is 16.5. The van der Waals surface area contributed by atoms with E-state index in [4.69, 9.17) is 16.2 Å². The lowest BCUT2D eigenvalue weighted by Gasteiger charge is -2.06. The van der Waals surface area contributed by atoms with Crippen LogP contribution < -0.4 is 21.8 Å². The lowest BCUT2D eigenvalue weighted by molar-refractivity contribution is 0.416. The van der Waals surface area contributed by atoms with Gasteiger partial charge < -0.3 is 21.2 Å². The number of hydrogen-bond donors (Lipinski definition) is 4. The monoisotopic (exact) mass is 272 g/mol. The van der Waals surface area contributed by atoms with Gasteiger partial charge in [-0.3, -0.25) is 9.78 Å². The minimum absolute atomic E-state index is 0.0184. The summed E-state index contributed by atoms with van der Waals surface area (Å²) in [5, 5.41) is 0. The standard InChI is InChI=1S/C12H12N6O2/c1-20-7-4-5(13)2-3-6(7)9-15-8-10(16-9)17-12(14)18-11(8)19/h2-4H,13H2,1H3,(H4,14,15,16,17,18,19). The van der Waals surface area contributed by atoms with Crippen LogP contribution in [-0.2, 0) is 0 Å². The number of anilines is 2. The normalized spacial score (nSPS) is 10.8. The molecule has 3 aromatic rings. The summed E-state index contributed by atoms with van der Waals surface area (Å²) in [5.74, 6) is 1.03. The molecule has 0 aliphatic rings. The van der Waals surface area contributed by atoms with E-state index in [1.54, 1.807) is 18.2 Å². The van der Waals surface area contributed by atoms with Crippen LogP contribution >= 0.6 is 0 Å². The Morgan fingerprint density at radius 3 is 2.75 bits per heavy atom. The molecule has 20 heavy (non-hydrogen) atoms. The van der Waals surface area contributed by atoms with Crippen LogP contribution in [0.15, 0.2) is 23.0 Å². The van der Waals surface area contributed by atoms with E-state index in [1.165, 1.54) is 7.11 Å². The minimum atomic E-state index is -0.374. The van der Waals surface area contributed by atoms with Crippen LogP contribution in [-0.4, -0.2) is 27.0 Å². The topological polar surface area (TPSA) is 136 Å². The zero-order chi connectivity index (χ0) is 14.3. The van der Waals surface area contributed by atoms with Gasteiger partial charge in [0.1, 0.15) is 11.6 Å². The SMILES string of the molecule is COc1cc(N)ccc1-c1nc2nc(N)[nH]c(=O)c2[nH]1. The van der Waals surface area contributed by atoms with E-state index >= 15 is 0 Å². The van der Waals surface area contributed by atoms with Crippen molar-refractivity contribution in [1.82, 2.24) is 19.9 Å². The van der Waals surface area contributed by atoms with Crippen LogP contribution in [0.3, 0.4) is 0 Å². The van der Waals surface area contributed by atoms with Gasteiger partial charge >= 0.3 is 0 Å². The van der Waals surface area contributed by atoms with Crippen molar-refractivity contribution in [3.63, 3.8) is 0 Å². The quantitative estimate of drug-likeness (QED) is 0.501. The van der Waals surface area contributed by atoms with Crippen molar-refractivity contribution in [2.75, 3.05) is 18.6 Å². The third kappa shape index (κ3) is 1.83. The third-order valence-corrected chi connectivity index (χ3v) is 2.86. The predicted octanol–water partition coefficient (Wildman–Crippen LogP) is 0.486. The zero-order valence-corrected chi connectivity index (χ0v) is 10.6. The fourth-order valence-electron chi connectivity index (χ4n) is 1.96. The van der Waals surface area contributed by atoms with Crippen molar-refractivity contribution < 1.29 is 4.74 Å². The Balaban J connectivity index is 2.25. The number of rotatable bonds is 2. The van der Waals surface area contributed by atoms with E-state index in [1.807, 2.05) is 0 Å². The first kappa shape index (κ1) is 12.0. The maximum atomic E-state index is 11.8. The summed E-state index contributed by atoms with van der Waals surface area (Å²) >= 11 is 0. The van der Waals surface area contributed by atoms with Gasteiger partial charge in [-0.15, -0.1) is 0 Å². The maximum Gasteiger partial charge on any atom is 0.278 e. The van der Waals surface area contributed by atoms with Crippen LogP contribution in [0.2, 0.25) is 0 Å². The number of methoxy groups -OCH3 is 1. The molecule has 2 aromatic heterocycles. The third-order valence-electron chi connectivity index (χ3n) is 2.86. The molecule has 8 heteroatoms. The number of H-pyrrole nitrogens is 2. The van der Waals surface area contributed by atoms with Gasteiger partial charge in [0.25, 0.3) is 5.56 Å². The van der Waals surface area contributed by atoms with Crippen molar-refractivity contribution >= 4 is 22.8 Å². The second-order valence-corrected chi connectivity index (χ2v) is 4.19. The Bertz CT molecular complexity index is 851. The smallest absolute Gasteiger partial charge is 0.278 e. The molecule has 0 radical (unpaired) electrons. The van der Waals surface area contributed by atoms with Gasteiger partial charge in [-0.05, 0) is 12.1 Å². The number of hydrogen-bond acceptors (Lipinski definition) is 6. The molecule has 0 saturated carbocycles. The van der Waals surface area contributed by atoms with E-state index in [0.717, 1.165) is 0 Å². The molecule has 6 N–H and O–H groups in total. The molecule has 2 heterocycles. The van der Waals surface area contributed by atoms with Crippen molar-refractivity contribution in [3.05, 3.63) is 28.6 Å². The van der Waals surface area contributed by atoms with Gasteiger partial charge in [0.15, 0.2) is 11.2 Å². The first-order chi connectivity index (χ1) is 9.58. The summed E-state index contributed by atoms with van der Waals surface area (Å²) in [6.45, 7) is 0. The number of aromatic nitrogens is 4. The maximum absolute atomic E-state index is 11.8. The van der Waals surface area contributed by atoms with E-state index in [9.17, 15) is 4.79 Å². The molecule has 0 spiro atoms. The highest BCUT2D eigenvalue weighted by molar-refractivity contribution is 5.78. The molecule has 0 unspecified atom stereocenters. The van der Waals surface area contributed by atoms with Crippen molar-refractivity contribution in [2.24, 2.45) is 0 Å². The number of ether oxygens (including phenoxy) is 1. The largest absolute Gasteiger partial charge is 0.496 e. The van der Waals surface area contributed by atoms with E-state index in [2.05, 4.69) is 19.9 Å². The number of nitrogens with zero attached hydrogens (tertiary/aromatic N) is 2. The lowest BCUT2D eigenvalue weighted by atomic mass is 10.1. The Labute approximate surface area is 112 Å². The van der Waals surface area contributed by atoms with Crippen molar-refractivity contribution in [2.45, 2.75) is 0 Å². The summed E-state index contributed by atoms with van der Waals surface area (Å²) < 4.78 is 5.26. The Hall–Kier alpha value is -3.03. The summed E-state index contributed by atoms with van der Waals surface area (Å²) in [6.07, 6.45) is 0. The van der Waals surface area contributed by atoms with Crippen LogP contribution in [0, 0.1) is 0 Å². The van der Waals surface area contributed by atoms with Gasteiger partial charge in [-0.1, -0.05) is 0 Å². The van der Waals surface area contributed by atoms with E-state index in [0.29, 0.717) is 22.8 Å². The molecule has 8 nitrogen and oxygen atoms in total. The molecule has 1 aromatic carbocycles. The molecule has 0 amide bonds. The molecule has 0 aliphatic heterocycles. The minimum Gasteiger partial charge on any atom is -0.496 e. The number of aromatic amines is 2. The molecule has 0 aliphatic carbocycles. The van der Waals surface area contributed by atoms with E-state index < -0.39 is 0 Å². The number of imidazole rings is 1. The number of fused-ring (bicyclic) bond motifs is 1. The Morgan fingerprint density at radius 2 is 2.00 bits per heavy atom. The number of nitrogens with two attached hydrogens (primary N) is 2. The number of nitrogens with one attached hydrogen (secondary N) is 2. The van der Waals surface area contributed by atoms with Gasteiger partial charge in [-0.2, -0.15) is 4.98 Å². The zero-order valence-electron chi connectivity index (χ0n) is 10.6. The molecule has 102 valence electrons. The van der Waals surface area contributed by atoms with Crippen molar-refractivity contribution in [1.29, 1.82) is 0 Å². The van der Waals surface area contributed by atoms with Gasteiger partial charge in [0, 0.05) is 11.8 Å². The van der Waals surface area contributed by atoms with Gasteiger partial charge in [0.2, 0.25) is 5.95 Å².